The Morgan fingerprint density at radius 1 is 1.33 bits per heavy atom. The van der Waals surface area contributed by atoms with E-state index in [1.165, 1.54) is 12.8 Å². The van der Waals surface area contributed by atoms with E-state index in [-0.39, 0.29) is 11.9 Å². The number of rotatable bonds is 7. The van der Waals surface area contributed by atoms with Crippen LogP contribution in [0.3, 0.4) is 0 Å². The van der Waals surface area contributed by atoms with Crippen LogP contribution < -0.4 is 20.7 Å². The van der Waals surface area contributed by atoms with Crippen molar-refractivity contribution in [2.24, 2.45) is 5.92 Å². The molecule has 2 aliphatic heterocycles. The fourth-order valence-electron chi connectivity index (χ4n) is 3.31. The summed E-state index contributed by atoms with van der Waals surface area (Å²) in [6.07, 6.45) is 5.63. The molecule has 2 aliphatic rings. The van der Waals surface area contributed by atoms with Crippen molar-refractivity contribution in [2.75, 3.05) is 36.9 Å². The first-order valence-electron chi connectivity index (χ1n) is 8.99. The summed E-state index contributed by atoms with van der Waals surface area (Å²) >= 11 is 0. The van der Waals surface area contributed by atoms with Gasteiger partial charge in [0.1, 0.15) is 11.6 Å². The molecule has 1 amide bonds. The molecule has 0 aliphatic carbocycles. The quantitative estimate of drug-likeness (QED) is 0.735. The number of unbranched alkanes of at least 4 members (excludes halogenated alkanes) is 1. The summed E-state index contributed by atoms with van der Waals surface area (Å²) in [7, 11) is 0. The second kappa shape index (κ2) is 7.79. The van der Waals surface area contributed by atoms with Gasteiger partial charge in [0, 0.05) is 12.1 Å². The van der Waals surface area contributed by atoms with Gasteiger partial charge in [-0.05, 0) is 44.7 Å². The van der Waals surface area contributed by atoms with Gasteiger partial charge in [0.05, 0.1) is 13.0 Å². The van der Waals surface area contributed by atoms with Gasteiger partial charge in [-0.15, -0.1) is 0 Å². The van der Waals surface area contributed by atoms with E-state index >= 15 is 0 Å². The van der Waals surface area contributed by atoms with Crippen molar-refractivity contribution >= 4 is 17.5 Å². The first-order valence-corrected chi connectivity index (χ1v) is 8.99. The molecule has 0 unspecified atom stereocenters. The maximum absolute atomic E-state index is 12.4. The summed E-state index contributed by atoms with van der Waals surface area (Å²) in [6, 6.07) is 0.279. The molecular formula is C17H27N5O2. The summed E-state index contributed by atoms with van der Waals surface area (Å²) in [5.41, 5.74) is 6.77. The number of hydrogen-bond acceptors (Lipinski definition) is 6. The van der Waals surface area contributed by atoms with Gasteiger partial charge in [-0.2, -0.15) is 9.97 Å². The summed E-state index contributed by atoms with van der Waals surface area (Å²) in [5.74, 6) is 1.74. The van der Waals surface area contributed by atoms with Crippen LogP contribution in [-0.2, 0) is 11.2 Å². The highest BCUT2D eigenvalue weighted by atomic mass is 16.5. The fraction of sp³-hybridized carbons (Fsp3) is 0.706. The number of carbonyl (C=O) groups excluding carboxylic acids is 1. The number of fused-ring (bicyclic) bond motifs is 1. The molecule has 0 radical (unpaired) electrons. The van der Waals surface area contributed by atoms with Gasteiger partial charge in [-0.3, -0.25) is 9.69 Å². The Morgan fingerprint density at radius 2 is 2.12 bits per heavy atom. The summed E-state index contributed by atoms with van der Waals surface area (Å²) in [6.45, 7) is 5.50. The third-order valence-electron chi connectivity index (χ3n) is 4.83. The first kappa shape index (κ1) is 17.0. The topological polar surface area (TPSA) is 93.4 Å². The molecule has 0 spiro atoms. The SMILES string of the molecule is CCCCOc1nc(N)c2c(n1)N(CCC1CCNCC1)C(=O)C2. The Bertz CT molecular complexity index is 587. The van der Waals surface area contributed by atoms with Crippen molar-refractivity contribution in [1.29, 1.82) is 0 Å². The molecule has 3 rings (SSSR count). The van der Waals surface area contributed by atoms with Crippen LogP contribution in [0.5, 0.6) is 6.01 Å². The van der Waals surface area contributed by atoms with Crippen LogP contribution in [0.1, 0.15) is 44.6 Å². The molecule has 0 aromatic carbocycles. The third kappa shape index (κ3) is 3.77. The minimum Gasteiger partial charge on any atom is -0.463 e. The molecule has 24 heavy (non-hydrogen) atoms. The molecule has 0 atom stereocenters. The van der Waals surface area contributed by atoms with Gasteiger partial charge in [0.25, 0.3) is 0 Å². The highest BCUT2D eigenvalue weighted by molar-refractivity contribution is 6.01. The van der Waals surface area contributed by atoms with Crippen molar-refractivity contribution in [3.05, 3.63) is 5.56 Å². The van der Waals surface area contributed by atoms with E-state index in [0.717, 1.165) is 37.9 Å². The van der Waals surface area contributed by atoms with E-state index in [4.69, 9.17) is 10.5 Å². The lowest BCUT2D eigenvalue weighted by atomic mass is 9.94. The van der Waals surface area contributed by atoms with Gasteiger partial charge in [0.15, 0.2) is 0 Å². The fourth-order valence-corrected chi connectivity index (χ4v) is 3.31. The maximum atomic E-state index is 12.4. The zero-order valence-corrected chi connectivity index (χ0v) is 14.4. The number of ether oxygens (including phenoxy) is 1. The molecule has 1 saturated heterocycles. The molecule has 1 aromatic rings. The number of carbonyl (C=O) groups is 1. The lowest BCUT2D eigenvalue weighted by Crippen LogP contribution is -2.33. The Labute approximate surface area is 143 Å². The van der Waals surface area contributed by atoms with Crippen LogP contribution in [0, 0.1) is 5.92 Å². The number of nitrogens with two attached hydrogens (primary N) is 1. The second-order valence-corrected chi connectivity index (χ2v) is 6.60. The zero-order chi connectivity index (χ0) is 16.9. The molecule has 7 heteroatoms. The van der Waals surface area contributed by atoms with Gasteiger partial charge < -0.3 is 15.8 Å². The lowest BCUT2D eigenvalue weighted by molar-refractivity contribution is -0.117. The average Bonchev–Trinajstić information content (AvgIpc) is 2.90. The van der Waals surface area contributed by atoms with Crippen molar-refractivity contribution < 1.29 is 9.53 Å². The molecule has 1 aromatic heterocycles. The largest absolute Gasteiger partial charge is 0.463 e. The van der Waals surface area contributed by atoms with Crippen molar-refractivity contribution in [1.82, 2.24) is 15.3 Å². The number of nitrogens with one attached hydrogen (secondary N) is 1. The van der Waals surface area contributed by atoms with Gasteiger partial charge >= 0.3 is 6.01 Å². The van der Waals surface area contributed by atoms with Gasteiger partial charge in [-0.25, -0.2) is 0 Å². The van der Waals surface area contributed by atoms with Crippen LogP contribution in [0.25, 0.3) is 0 Å². The Kier molecular flexibility index (Phi) is 5.50. The number of nitrogens with zero attached hydrogens (tertiary/aromatic N) is 3. The van der Waals surface area contributed by atoms with Gasteiger partial charge in [-0.1, -0.05) is 13.3 Å². The number of amides is 1. The van der Waals surface area contributed by atoms with Crippen LogP contribution in [0.2, 0.25) is 0 Å². The van der Waals surface area contributed by atoms with Crippen molar-refractivity contribution in [3.8, 4) is 6.01 Å². The predicted molar refractivity (Wildman–Crippen MR) is 93.1 cm³/mol. The first-order chi connectivity index (χ1) is 11.7. The number of piperidine rings is 1. The predicted octanol–water partition coefficient (Wildman–Crippen LogP) is 1.52. The standard InChI is InChI=1S/C17H27N5O2/c1-2-3-10-24-17-20-15(18)13-11-14(23)22(16(13)21-17)9-6-12-4-7-19-8-5-12/h12,19H,2-11H2,1H3,(H2,18,20,21). The van der Waals surface area contributed by atoms with E-state index in [1.54, 1.807) is 4.90 Å². The summed E-state index contributed by atoms with van der Waals surface area (Å²) < 4.78 is 5.58. The number of hydrogen-bond donors (Lipinski definition) is 2. The second-order valence-electron chi connectivity index (χ2n) is 6.60. The van der Waals surface area contributed by atoms with E-state index in [2.05, 4.69) is 22.2 Å². The van der Waals surface area contributed by atoms with E-state index in [1.807, 2.05) is 0 Å². The summed E-state index contributed by atoms with van der Waals surface area (Å²) in [5, 5.41) is 3.37. The third-order valence-corrected chi connectivity index (χ3v) is 4.83. The molecule has 0 bridgehead atoms. The molecule has 7 nitrogen and oxygen atoms in total. The molecule has 3 heterocycles. The van der Waals surface area contributed by atoms with E-state index in [9.17, 15) is 4.79 Å². The smallest absolute Gasteiger partial charge is 0.320 e. The van der Waals surface area contributed by atoms with Crippen LogP contribution >= 0.6 is 0 Å². The van der Waals surface area contributed by atoms with Gasteiger partial charge in [0.2, 0.25) is 5.91 Å². The number of nitrogen functional groups attached to an aromatic ring is 1. The van der Waals surface area contributed by atoms with Crippen LogP contribution in [0.15, 0.2) is 0 Å². The number of anilines is 2. The van der Waals surface area contributed by atoms with Crippen molar-refractivity contribution in [3.63, 3.8) is 0 Å². The van der Waals surface area contributed by atoms with Crippen molar-refractivity contribution in [2.45, 2.75) is 45.4 Å². The molecule has 1 fully saturated rings. The van der Waals surface area contributed by atoms with Crippen LogP contribution in [0.4, 0.5) is 11.6 Å². The normalized spacial score (nSPS) is 18.0. The minimum absolute atomic E-state index is 0.0608. The monoisotopic (exact) mass is 333 g/mol. The maximum Gasteiger partial charge on any atom is 0.320 e. The van der Waals surface area contributed by atoms with E-state index in [0.29, 0.717) is 37.1 Å². The summed E-state index contributed by atoms with van der Waals surface area (Å²) in [4.78, 5) is 22.8. The Morgan fingerprint density at radius 3 is 2.88 bits per heavy atom. The minimum atomic E-state index is 0.0608. The lowest BCUT2D eigenvalue weighted by Gasteiger charge is -2.25. The Balaban J connectivity index is 1.69. The molecule has 3 N–H and O–H groups in total. The Hall–Kier alpha value is -1.89. The average molecular weight is 333 g/mol. The molecule has 132 valence electrons. The molecular weight excluding hydrogens is 306 g/mol. The van der Waals surface area contributed by atoms with Crippen LogP contribution in [-0.4, -0.2) is 42.1 Å². The highest BCUT2D eigenvalue weighted by Gasteiger charge is 2.32. The highest BCUT2D eigenvalue weighted by Crippen LogP contribution is 2.33. The zero-order valence-electron chi connectivity index (χ0n) is 14.4. The molecule has 0 saturated carbocycles. The van der Waals surface area contributed by atoms with E-state index < -0.39 is 0 Å². The number of aromatic nitrogens is 2.